The van der Waals surface area contributed by atoms with Gasteiger partial charge in [-0.15, -0.1) is 0 Å². The van der Waals surface area contributed by atoms with Gasteiger partial charge in [0.1, 0.15) is 12.2 Å². The molecule has 1 aliphatic carbocycles. The lowest BCUT2D eigenvalue weighted by atomic mass is 10.1. The predicted octanol–water partition coefficient (Wildman–Crippen LogP) is 1.83. The standard InChI is InChI=1S/C16H17FN4O2/c17-11-3-1-6-18-15(11)23-13-5-4-12-14(13)22-10-9-21(12)16-19-7-2-8-20-16/h1-3,6-8,12-14H,4-5,9-10H2/t12-,13-,14+/m1/s1. The monoisotopic (exact) mass is 316 g/mol. The van der Waals surface area contributed by atoms with Gasteiger partial charge in [-0.2, -0.15) is 0 Å². The number of fused-ring (bicyclic) bond motifs is 1. The lowest BCUT2D eigenvalue weighted by molar-refractivity contribution is -0.0333. The Kier molecular flexibility index (Phi) is 3.78. The van der Waals surface area contributed by atoms with Crippen LogP contribution in [-0.4, -0.2) is 46.4 Å². The summed E-state index contributed by atoms with van der Waals surface area (Å²) in [5.41, 5.74) is 0. The number of nitrogens with zero attached hydrogens (tertiary/aromatic N) is 4. The van der Waals surface area contributed by atoms with Crippen LogP contribution in [0.2, 0.25) is 0 Å². The third-order valence-electron chi connectivity index (χ3n) is 4.33. The van der Waals surface area contributed by atoms with Crippen molar-refractivity contribution < 1.29 is 13.9 Å². The van der Waals surface area contributed by atoms with Crippen LogP contribution in [-0.2, 0) is 4.74 Å². The van der Waals surface area contributed by atoms with E-state index in [-0.39, 0.29) is 24.1 Å². The van der Waals surface area contributed by atoms with E-state index >= 15 is 0 Å². The molecule has 0 spiro atoms. The minimum atomic E-state index is -0.449. The fraction of sp³-hybridized carbons (Fsp3) is 0.438. The number of anilines is 1. The SMILES string of the molecule is Fc1cccnc1O[C@@H]1CC[C@@H]2[C@@H]1OCCN2c1ncccn1. The van der Waals surface area contributed by atoms with E-state index in [1.165, 1.54) is 12.3 Å². The van der Waals surface area contributed by atoms with Crippen molar-refractivity contribution in [3.8, 4) is 5.88 Å². The van der Waals surface area contributed by atoms with Gasteiger partial charge in [0.25, 0.3) is 5.88 Å². The van der Waals surface area contributed by atoms with Crippen molar-refractivity contribution in [3.63, 3.8) is 0 Å². The zero-order chi connectivity index (χ0) is 15.6. The Morgan fingerprint density at radius 2 is 1.96 bits per heavy atom. The second-order valence-corrected chi connectivity index (χ2v) is 5.67. The van der Waals surface area contributed by atoms with E-state index in [0.29, 0.717) is 12.6 Å². The van der Waals surface area contributed by atoms with Crippen molar-refractivity contribution in [1.29, 1.82) is 0 Å². The molecule has 0 aromatic carbocycles. The quantitative estimate of drug-likeness (QED) is 0.861. The fourth-order valence-electron chi connectivity index (χ4n) is 3.33. The number of rotatable bonds is 3. The number of pyridine rings is 1. The molecule has 0 N–H and O–H groups in total. The van der Waals surface area contributed by atoms with Gasteiger partial charge in [-0.05, 0) is 31.0 Å². The third kappa shape index (κ3) is 2.72. The Morgan fingerprint density at radius 3 is 2.78 bits per heavy atom. The smallest absolute Gasteiger partial charge is 0.250 e. The molecule has 4 rings (SSSR count). The lowest BCUT2D eigenvalue weighted by Crippen LogP contribution is -2.53. The number of ether oxygens (including phenoxy) is 2. The summed E-state index contributed by atoms with van der Waals surface area (Å²) >= 11 is 0. The molecule has 2 fully saturated rings. The molecular formula is C16H17FN4O2. The van der Waals surface area contributed by atoms with Gasteiger partial charge in [0.15, 0.2) is 5.82 Å². The topological polar surface area (TPSA) is 60.4 Å². The van der Waals surface area contributed by atoms with E-state index in [0.717, 1.165) is 19.4 Å². The van der Waals surface area contributed by atoms with Gasteiger partial charge in [-0.1, -0.05) is 0 Å². The molecule has 2 aromatic heterocycles. The minimum Gasteiger partial charge on any atom is -0.469 e. The number of aromatic nitrogens is 3. The first kappa shape index (κ1) is 14.3. The molecule has 6 nitrogen and oxygen atoms in total. The Balaban J connectivity index is 1.52. The molecular weight excluding hydrogens is 299 g/mol. The first-order chi connectivity index (χ1) is 11.3. The second kappa shape index (κ2) is 6.08. The second-order valence-electron chi connectivity index (χ2n) is 5.67. The maximum atomic E-state index is 13.7. The molecule has 0 bridgehead atoms. The van der Waals surface area contributed by atoms with Crippen molar-refractivity contribution in [2.24, 2.45) is 0 Å². The summed E-state index contributed by atoms with van der Waals surface area (Å²) in [6.45, 7) is 1.32. The highest BCUT2D eigenvalue weighted by atomic mass is 19.1. The maximum absolute atomic E-state index is 13.7. The van der Waals surface area contributed by atoms with E-state index < -0.39 is 5.82 Å². The summed E-state index contributed by atoms with van der Waals surface area (Å²) in [5.74, 6) is 0.292. The highest BCUT2D eigenvalue weighted by Crippen LogP contribution is 2.34. The van der Waals surface area contributed by atoms with Crippen LogP contribution in [0.4, 0.5) is 10.3 Å². The third-order valence-corrected chi connectivity index (χ3v) is 4.33. The lowest BCUT2D eigenvalue weighted by Gasteiger charge is -2.38. The molecule has 1 saturated carbocycles. The van der Waals surface area contributed by atoms with Crippen molar-refractivity contribution in [1.82, 2.24) is 15.0 Å². The van der Waals surface area contributed by atoms with Gasteiger partial charge in [0.05, 0.1) is 12.6 Å². The molecule has 2 aromatic rings. The van der Waals surface area contributed by atoms with E-state index in [4.69, 9.17) is 9.47 Å². The highest BCUT2D eigenvalue weighted by Gasteiger charge is 2.45. The molecule has 1 saturated heterocycles. The molecule has 3 heterocycles. The number of morpholine rings is 1. The van der Waals surface area contributed by atoms with E-state index in [1.807, 2.05) is 0 Å². The molecule has 1 aliphatic heterocycles. The molecule has 23 heavy (non-hydrogen) atoms. The summed E-state index contributed by atoms with van der Waals surface area (Å²) in [6.07, 6.45) is 6.33. The van der Waals surface area contributed by atoms with Crippen LogP contribution in [0.3, 0.4) is 0 Å². The van der Waals surface area contributed by atoms with Crippen LogP contribution in [0.1, 0.15) is 12.8 Å². The fourth-order valence-corrected chi connectivity index (χ4v) is 3.33. The molecule has 2 aliphatic rings. The first-order valence-electron chi connectivity index (χ1n) is 7.75. The molecule has 120 valence electrons. The highest BCUT2D eigenvalue weighted by molar-refractivity contribution is 5.33. The first-order valence-corrected chi connectivity index (χ1v) is 7.75. The van der Waals surface area contributed by atoms with E-state index in [9.17, 15) is 4.39 Å². The Morgan fingerprint density at radius 1 is 1.13 bits per heavy atom. The average molecular weight is 316 g/mol. The minimum absolute atomic E-state index is 0.0369. The van der Waals surface area contributed by atoms with Crippen LogP contribution >= 0.6 is 0 Å². The zero-order valence-corrected chi connectivity index (χ0v) is 12.5. The van der Waals surface area contributed by atoms with Crippen LogP contribution in [0.5, 0.6) is 5.88 Å². The van der Waals surface area contributed by atoms with E-state index in [1.54, 1.807) is 24.5 Å². The van der Waals surface area contributed by atoms with Crippen LogP contribution < -0.4 is 9.64 Å². The van der Waals surface area contributed by atoms with Gasteiger partial charge in [0.2, 0.25) is 5.95 Å². The summed E-state index contributed by atoms with van der Waals surface area (Å²) < 4.78 is 25.4. The Hall–Kier alpha value is -2.28. The Bertz CT molecular complexity index is 672. The normalized spacial score (nSPS) is 26.8. The van der Waals surface area contributed by atoms with Crippen molar-refractivity contribution in [2.75, 3.05) is 18.1 Å². The number of hydrogen-bond acceptors (Lipinski definition) is 6. The van der Waals surface area contributed by atoms with Crippen LogP contribution in [0.15, 0.2) is 36.8 Å². The molecule has 0 amide bonds. The largest absolute Gasteiger partial charge is 0.469 e. The summed E-state index contributed by atoms with van der Waals surface area (Å²) in [5, 5.41) is 0. The summed E-state index contributed by atoms with van der Waals surface area (Å²) in [4.78, 5) is 14.8. The summed E-state index contributed by atoms with van der Waals surface area (Å²) in [6, 6.07) is 4.83. The van der Waals surface area contributed by atoms with E-state index in [2.05, 4.69) is 19.9 Å². The van der Waals surface area contributed by atoms with Crippen molar-refractivity contribution in [3.05, 3.63) is 42.6 Å². The zero-order valence-electron chi connectivity index (χ0n) is 12.5. The molecule has 3 atom stereocenters. The van der Waals surface area contributed by atoms with Crippen molar-refractivity contribution in [2.45, 2.75) is 31.1 Å². The van der Waals surface area contributed by atoms with Crippen LogP contribution in [0.25, 0.3) is 0 Å². The van der Waals surface area contributed by atoms with Gasteiger partial charge in [-0.3, -0.25) is 0 Å². The Labute approximate surface area is 133 Å². The van der Waals surface area contributed by atoms with Gasteiger partial charge >= 0.3 is 0 Å². The number of halogens is 1. The predicted molar refractivity (Wildman–Crippen MR) is 80.8 cm³/mol. The maximum Gasteiger partial charge on any atom is 0.250 e. The van der Waals surface area contributed by atoms with Crippen molar-refractivity contribution >= 4 is 5.95 Å². The van der Waals surface area contributed by atoms with Gasteiger partial charge in [0, 0.05) is 25.1 Å². The molecule has 0 radical (unpaired) electrons. The average Bonchev–Trinajstić information content (AvgIpc) is 3.01. The molecule has 0 unspecified atom stereocenters. The van der Waals surface area contributed by atoms with Crippen LogP contribution in [0, 0.1) is 5.82 Å². The molecule has 7 heteroatoms. The number of hydrogen-bond donors (Lipinski definition) is 0. The summed E-state index contributed by atoms with van der Waals surface area (Å²) in [7, 11) is 0. The van der Waals surface area contributed by atoms with Gasteiger partial charge < -0.3 is 14.4 Å². The van der Waals surface area contributed by atoms with Gasteiger partial charge in [-0.25, -0.2) is 19.3 Å².